The minimum Gasteiger partial charge on any atom is -0.480 e. The van der Waals surface area contributed by atoms with Gasteiger partial charge in [0.25, 0.3) is 0 Å². The summed E-state index contributed by atoms with van der Waals surface area (Å²) in [4.78, 5) is 24.9. The third-order valence-corrected chi connectivity index (χ3v) is 10.1. The van der Waals surface area contributed by atoms with Crippen LogP contribution in [0, 0.1) is 0 Å². The van der Waals surface area contributed by atoms with Gasteiger partial charge < -0.3 is 24.3 Å². The van der Waals surface area contributed by atoms with Crippen molar-refractivity contribution in [1.29, 1.82) is 0 Å². The Bertz CT molecular complexity index is 979. The van der Waals surface area contributed by atoms with E-state index >= 15 is 0 Å². The number of nitrogens with one attached hydrogen (secondary N) is 1. The average molecular weight is 488 g/mol. The van der Waals surface area contributed by atoms with Gasteiger partial charge in [0.05, 0.1) is 0 Å². The Balaban J connectivity index is 2.47. The molecule has 0 heterocycles. The first-order valence-corrected chi connectivity index (χ1v) is 14.2. The molecule has 1 amide bonds. The molecule has 0 radical (unpaired) electrons. The molecule has 2 aromatic carbocycles. The summed E-state index contributed by atoms with van der Waals surface area (Å²) in [6, 6.07) is 15.0. The number of carboxylic acids is 1. The number of rotatable bonds is 8. The fourth-order valence-corrected chi connectivity index (χ4v) is 4.16. The van der Waals surface area contributed by atoms with Crippen LogP contribution in [0.1, 0.15) is 53.2 Å². The van der Waals surface area contributed by atoms with Crippen LogP contribution in [0.4, 0.5) is 4.79 Å². The minimum absolute atomic E-state index is 0.182. The topological polar surface area (TPSA) is 94.1 Å². The van der Waals surface area contributed by atoms with E-state index in [4.69, 9.17) is 13.9 Å². The fourth-order valence-electron chi connectivity index (χ4n) is 2.90. The van der Waals surface area contributed by atoms with Crippen molar-refractivity contribution < 1.29 is 28.6 Å². The first-order chi connectivity index (χ1) is 15.6. The van der Waals surface area contributed by atoms with Gasteiger partial charge in [-0.05, 0) is 68.7 Å². The molecule has 186 valence electrons. The summed E-state index contributed by atoms with van der Waals surface area (Å²) >= 11 is 0. The lowest BCUT2D eigenvalue weighted by Crippen LogP contribution is -2.51. The Morgan fingerprint density at radius 3 is 2.03 bits per heavy atom. The van der Waals surface area contributed by atoms with Gasteiger partial charge in [0.15, 0.2) is 14.4 Å². The third kappa shape index (κ3) is 7.88. The van der Waals surface area contributed by atoms with Crippen molar-refractivity contribution in [3.8, 4) is 11.5 Å². The van der Waals surface area contributed by atoms with E-state index in [1.807, 2.05) is 43.4 Å². The fraction of sp³-hybridized carbons (Fsp3) is 0.462. The molecule has 0 aliphatic rings. The monoisotopic (exact) mass is 487 g/mol. The summed E-state index contributed by atoms with van der Waals surface area (Å²) in [5.74, 6) is -0.0268. The van der Waals surface area contributed by atoms with Crippen LogP contribution < -0.4 is 10.1 Å². The second kappa shape index (κ2) is 10.6. The van der Waals surface area contributed by atoms with Crippen molar-refractivity contribution in [2.24, 2.45) is 0 Å². The van der Waals surface area contributed by atoms with E-state index in [-0.39, 0.29) is 5.04 Å². The number of para-hydroxylation sites is 1. The highest BCUT2D eigenvalue weighted by molar-refractivity contribution is 6.74. The van der Waals surface area contributed by atoms with Crippen molar-refractivity contribution in [3.05, 3.63) is 60.2 Å². The molecule has 0 aromatic heterocycles. The molecule has 7 nitrogen and oxygen atoms in total. The molecule has 2 atom stereocenters. The van der Waals surface area contributed by atoms with Crippen molar-refractivity contribution in [2.75, 3.05) is 0 Å². The second-order valence-corrected chi connectivity index (χ2v) is 15.5. The number of aliphatic carboxylic acids is 1. The number of carbonyl (C=O) groups is 2. The van der Waals surface area contributed by atoms with Gasteiger partial charge in [-0.25, -0.2) is 9.59 Å². The predicted molar refractivity (Wildman–Crippen MR) is 135 cm³/mol. The van der Waals surface area contributed by atoms with Gasteiger partial charge in [-0.15, -0.1) is 0 Å². The largest absolute Gasteiger partial charge is 0.480 e. The molecule has 2 rings (SSSR count). The molecular weight excluding hydrogens is 450 g/mol. The van der Waals surface area contributed by atoms with E-state index in [2.05, 4.69) is 26.1 Å². The van der Waals surface area contributed by atoms with Crippen molar-refractivity contribution in [2.45, 2.75) is 77.4 Å². The molecule has 0 aliphatic heterocycles. The Labute approximate surface area is 203 Å². The lowest BCUT2D eigenvalue weighted by molar-refractivity contribution is -0.142. The Kier molecular flexibility index (Phi) is 8.55. The van der Waals surface area contributed by atoms with Gasteiger partial charge in [-0.3, -0.25) is 0 Å². The maximum atomic E-state index is 12.5. The lowest BCUT2D eigenvalue weighted by Gasteiger charge is -2.41. The molecule has 2 aromatic rings. The zero-order valence-electron chi connectivity index (χ0n) is 21.3. The number of benzene rings is 2. The van der Waals surface area contributed by atoms with Crippen LogP contribution in [0.25, 0.3) is 0 Å². The van der Waals surface area contributed by atoms with Gasteiger partial charge in [0.2, 0.25) is 0 Å². The first-order valence-electron chi connectivity index (χ1n) is 11.3. The lowest BCUT2D eigenvalue weighted by atomic mass is 10.0. The second-order valence-electron chi connectivity index (χ2n) is 10.7. The highest BCUT2D eigenvalue weighted by Crippen LogP contribution is 2.41. The van der Waals surface area contributed by atoms with Crippen LogP contribution in [0.5, 0.6) is 11.5 Å². The summed E-state index contributed by atoms with van der Waals surface area (Å²) in [7, 11) is -2.45. The van der Waals surface area contributed by atoms with Crippen molar-refractivity contribution in [3.63, 3.8) is 0 Å². The third-order valence-electron chi connectivity index (χ3n) is 5.63. The van der Waals surface area contributed by atoms with E-state index < -0.39 is 38.1 Å². The van der Waals surface area contributed by atoms with Crippen molar-refractivity contribution >= 4 is 20.4 Å². The Hall–Kier alpha value is -2.84. The molecular formula is C26H37NO6Si. The number of alkyl carbamates (subject to hydrolysis) is 1. The molecule has 2 N–H and O–H groups in total. The highest BCUT2D eigenvalue weighted by atomic mass is 28.4. The van der Waals surface area contributed by atoms with Crippen LogP contribution in [0.2, 0.25) is 18.1 Å². The number of hydrogen-bond acceptors (Lipinski definition) is 5. The summed E-state index contributed by atoms with van der Waals surface area (Å²) < 4.78 is 17.9. The van der Waals surface area contributed by atoms with Gasteiger partial charge >= 0.3 is 12.1 Å². The van der Waals surface area contributed by atoms with E-state index in [1.165, 1.54) is 0 Å². The predicted octanol–water partition coefficient (Wildman–Crippen LogP) is 6.52. The zero-order valence-corrected chi connectivity index (χ0v) is 22.3. The van der Waals surface area contributed by atoms with Crippen LogP contribution in [0.15, 0.2) is 54.6 Å². The smallest absolute Gasteiger partial charge is 0.408 e. The molecule has 0 aliphatic carbocycles. The average Bonchev–Trinajstić information content (AvgIpc) is 2.69. The summed E-state index contributed by atoms with van der Waals surface area (Å²) in [6.07, 6.45) is -1.77. The first kappa shape index (κ1) is 27.4. The van der Waals surface area contributed by atoms with Crippen LogP contribution in [-0.2, 0) is 14.0 Å². The number of amides is 1. The van der Waals surface area contributed by atoms with Gasteiger partial charge in [-0.2, -0.15) is 0 Å². The summed E-state index contributed by atoms with van der Waals surface area (Å²) in [5, 5.41) is 12.4. The van der Waals surface area contributed by atoms with E-state index in [1.54, 1.807) is 45.0 Å². The SMILES string of the molecule is CC(C)(C)OC(=O)N[C@@H](C(=O)O)[C@@H](O[Si](C)(C)C(C)(C)C)c1cccc(Oc2ccccc2)c1. The van der Waals surface area contributed by atoms with Crippen LogP contribution in [-0.4, -0.2) is 37.1 Å². The normalized spacial score (nSPS) is 14.1. The molecule has 0 bridgehead atoms. The van der Waals surface area contributed by atoms with Gasteiger partial charge in [0, 0.05) is 0 Å². The summed E-state index contributed by atoms with van der Waals surface area (Å²) in [5.41, 5.74) is -0.187. The molecule has 0 spiro atoms. The number of carbonyl (C=O) groups excluding carboxylic acids is 1. The highest BCUT2D eigenvalue weighted by Gasteiger charge is 2.43. The standard InChI is InChI=1S/C26H37NO6Si/c1-25(2,3)32-24(30)27-21(23(28)29)22(33-34(7,8)26(4,5)6)18-13-12-16-20(17-18)31-19-14-10-9-11-15-19/h9-17,21-22H,1-8H3,(H,27,30)(H,28,29)/t21-,22+/m1/s1. The van der Waals surface area contributed by atoms with E-state index in [0.29, 0.717) is 17.1 Å². The zero-order chi connectivity index (χ0) is 25.7. The minimum atomic E-state index is -2.45. The number of ether oxygens (including phenoxy) is 2. The maximum Gasteiger partial charge on any atom is 0.408 e. The Morgan fingerprint density at radius 1 is 0.912 bits per heavy atom. The quantitative estimate of drug-likeness (QED) is 0.412. The van der Waals surface area contributed by atoms with Crippen LogP contribution in [0.3, 0.4) is 0 Å². The maximum absolute atomic E-state index is 12.5. The van der Waals surface area contributed by atoms with E-state index in [0.717, 1.165) is 0 Å². The molecule has 0 saturated heterocycles. The van der Waals surface area contributed by atoms with E-state index in [9.17, 15) is 14.7 Å². The number of carboxylic acid groups (broad SMARTS) is 1. The molecule has 0 fully saturated rings. The van der Waals surface area contributed by atoms with Gasteiger partial charge in [0.1, 0.15) is 23.2 Å². The molecule has 34 heavy (non-hydrogen) atoms. The molecule has 8 heteroatoms. The van der Waals surface area contributed by atoms with Crippen molar-refractivity contribution in [1.82, 2.24) is 5.32 Å². The molecule has 0 saturated carbocycles. The molecule has 0 unspecified atom stereocenters. The summed E-state index contributed by atoms with van der Waals surface area (Å²) in [6.45, 7) is 15.4. The number of hydrogen-bond donors (Lipinski definition) is 2. The van der Waals surface area contributed by atoms with Crippen LogP contribution >= 0.6 is 0 Å². The Morgan fingerprint density at radius 2 is 1.50 bits per heavy atom. The van der Waals surface area contributed by atoms with Gasteiger partial charge in [-0.1, -0.05) is 51.1 Å².